The van der Waals surface area contributed by atoms with Gasteiger partial charge in [0.05, 0.1) is 12.2 Å². The van der Waals surface area contributed by atoms with E-state index >= 15 is 0 Å². The standard InChI is InChI=1S/C16H13F2N3O/c17-12-1-2-14(18)13(9-12)16(22)10-21-15(5-8-20-21)11-3-6-19-7-4-11/h1-9,16,22H,10H2. The molecule has 0 saturated carbocycles. The Labute approximate surface area is 125 Å². The van der Waals surface area contributed by atoms with Gasteiger partial charge in [0.2, 0.25) is 0 Å². The van der Waals surface area contributed by atoms with Gasteiger partial charge in [0.15, 0.2) is 0 Å². The molecule has 2 heterocycles. The van der Waals surface area contributed by atoms with Crippen LogP contribution in [0, 0.1) is 11.6 Å². The van der Waals surface area contributed by atoms with Crippen LogP contribution in [-0.2, 0) is 6.54 Å². The first-order valence-electron chi connectivity index (χ1n) is 6.70. The van der Waals surface area contributed by atoms with Crippen molar-refractivity contribution in [3.63, 3.8) is 0 Å². The van der Waals surface area contributed by atoms with Crippen molar-refractivity contribution in [1.82, 2.24) is 14.8 Å². The average molecular weight is 301 g/mol. The van der Waals surface area contributed by atoms with Gasteiger partial charge in [-0.25, -0.2) is 8.78 Å². The summed E-state index contributed by atoms with van der Waals surface area (Å²) in [6.45, 7) is 0.0189. The highest BCUT2D eigenvalue weighted by Crippen LogP contribution is 2.23. The molecule has 0 radical (unpaired) electrons. The fourth-order valence-corrected chi connectivity index (χ4v) is 2.28. The second kappa shape index (κ2) is 6.03. The normalized spacial score (nSPS) is 12.3. The van der Waals surface area contributed by atoms with Crippen molar-refractivity contribution in [3.05, 3.63) is 72.2 Å². The second-order valence-corrected chi connectivity index (χ2v) is 4.82. The van der Waals surface area contributed by atoms with E-state index in [0.717, 1.165) is 29.5 Å². The number of rotatable bonds is 4. The van der Waals surface area contributed by atoms with Crippen molar-refractivity contribution in [2.75, 3.05) is 0 Å². The van der Waals surface area contributed by atoms with E-state index in [0.29, 0.717) is 0 Å². The number of hydrogen-bond acceptors (Lipinski definition) is 3. The number of hydrogen-bond donors (Lipinski definition) is 1. The van der Waals surface area contributed by atoms with Crippen LogP contribution < -0.4 is 0 Å². The number of halogens is 2. The molecule has 1 atom stereocenters. The largest absolute Gasteiger partial charge is 0.386 e. The van der Waals surface area contributed by atoms with E-state index < -0.39 is 17.7 Å². The van der Waals surface area contributed by atoms with Gasteiger partial charge in [-0.05, 0) is 36.4 Å². The maximum absolute atomic E-state index is 13.7. The molecule has 1 unspecified atom stereocenters. The molecule has 0 bridgehead atoms. The molecule has 0 aliphatic heterocycles. The molecule has 1 aromatic carbocycles. The maximum Gasteiger partial charge on any atom is 0.129 e. The van der Waals surface area contributed by atoms with Crippen molar-refractivity contribution >= 4 is 0 Å². The molecule has 0 saturated heterocycles. The lowest BCUT2D eigenvalue weighted by atomic mass is 10.1. The number of aliphatic hydroxyl groups is 1. The minimum atomic E-state index is -1.20. The highest BCUT2D eigenvalue weighted by atomic mass is 19.1. The average Bonchev–Trinajstić information content (AvgIpc) is 2.98. The zero-order chi connectivity index (χ0) is 15.5. The van der Waals surface area contributed by atoms with Crippen LogP contribution in [0.25, 0.3) is 11.3 Å². The van der Waals surface area contributed by atoms with Gasteiger partial charge in [-0.1, -0.05) is 0 Å². The van der Waals surface area contributed by atoms with E-state index in [1.807, 2.05) is 12.1 Å². The van der Waals surface area contributed by atoms with Gasteiger partial charge in [0, 0.05) is 29.7 Å². The Hall–Kier alpha value is -2.60. The molecule has 112 valence electrons. The lowest BCUT2D eigenvalue weighted by Crippen LogP contribution is -2.12. The third kappa shape index (κ3) is 2.87. The smallest absolute Gasteiger partial charge is 0.129 e. The first kappa shape index (κ1) is 14.3. The summed E-state index contributed by atoms with van der Waals surface area (Å²) < 4.78 is 28.5. The molecule has 0 aliphatic carbocycles. The number of pyridine rings is 1. The Balaban J connectivity index is 1.88. The maximum atomic E-state index is 13.7. The van der Waals surface area contributed by atoms with Crippen molar-refractivity contribution in [2.24, 2.45) is 0 Å². The topological polar surface area (TPSA) is 50.9 Å². The molecule has 2 aromatic heterocycles. The van der Waals surface area contributed by atoms with Crippen LogP contribution in [0.5, 0.6) is 0 Å². The summed E-state index contributed by atoms with van der Waals surface area (Å²) >= 11 is 0. The summed E-state index contributed by atoms with van der Waals surface area (Å²) in [7, 11) is 0. The second-order valence-electron chi connectivity index (χ2n) is 4.82. The van der Waals surface area contributed by atoms with Crippen LogP contribution in [-0.4, -0.2) is 19.9 Å². The van der Waals surface area contributed by atoms with Gasteiger partial charge in [0.1, 0.15) is 17.7 Å². The van der Waals surface area contributed by atoms with Crippen LogP contribution in [0.2, 0.25) is 0 Å². The van der Waals surface area contributed by atoms with Gasteiger partial charge in [-0.2, -0.15) is 5.10 Å². The molecule has 6 heteroatoms. The minimum absolute atomic E-state index is 0.0189. The van der Waals surface area contributed by atoms with E-state index in [-0.39, 0.29) is 12.1 Å². The number of aromatic nitrogens is 3. The summed E-state index contributed by atoms with van der Waals surface area (Å²) in [6, 6.07) is 8.41. The van der Waals surface area contributed by atoms with Gasteiger partial charge in [0.25, 0.3) is 0 Å². The molecule has 3 aromatic rings. The third-order valence-electron chi connectivity index (χ3n) is 3.36. The van der Waals surface area contributed by atoms with Gasteiger partial charge in [-0.15, -0.1) is 0 Å². The molecule has 22 heavy (non-hydrogen) atoms. The predicted octanol–water partition coefficient (Wildman–Crippen LogP) is 2.96. The Kier molecular flexibility index (Phi) is 3.93. The summed E-state index contributed by atoms with van der Waals surface area (Å²) in [5.74, 6) is -1.24. The van der Waals surface area contributed by atoms with E-state index in [4.69, 9.17) is 0 Å². The molecule has 3 rings (SSSR count). The molecule has 0 fully saturated rings. The third-order valence-corrected chi connectivity index (χ3v) is 3.36. The summed E-state index contributed by atoms with van der Waals surface area (Å²) in [4.78, 5) is 3.94. The van der Waals surface area contributed by atoms with Crippen molar-refractivity contribution in [3.8, 4) is 11.3 Å². The number of aliphatic hydroxyl groups excluding tert-OH is 1. The molecular formula is C16H13F2N3O. The number of nitrogens with zero attached hydrogens (tertiary/aromatic N) is 3. The van der Waals surface area contributed by atoms with E-state index in [1.165, 1.54) is 0 Å². The van der Waals surface area contributed by atoms with Crippen LogP contribution >= 0.6 is 0 Å². The van der Waals surface area contributed by atoms with Crippen molar-refractivity contribution in [2.45, 2.75) is 12.6 Å². The predicted molar refractivity (Wildman–Crippen MR) is 76.8 cm³/mol. The van der Waals surface area contributed by atoms with Crippen LogP contribution in [0.3, 0.4) is 0 Å². The van der Waals surface area contributed by atoms with Gasteiger partial charge >= 0.3 is 0 Å². The van der Waals surface area contributed by atoms with E-state index in [1.54, 1.807) is 29.3 Å². The Morgan fingerprint density at radius 1 is 1.05 bits per heavy atom. The summed E-state index contributed by atoms with van der Waals surface area (Å²) in [5.41, 5.74) is 1.55. The van der Waals surface area contributed by atoms with Gasteiger partial charge < -0.3 is 5.11 Å². The van der Waals surface area contributed by atoms with Crippen LogP contribution in [0.15, 0.2) is 55.0 Å². The summed E-state index contributed by atoms with van der Waals surface area (Å²) in [5, 5.41) is 14.3. The van der Waals surface area contributed by atoms with E-state index in [9.17, 15) is 13.9 Å². The lowest BCUT2D eigenvalue weighted by Gasteiger charge is -2.14. The monoisotopic (exact) mass is 301 g/mol. The summed E-state index contributed by atoms with van der Waals surface area (Å²) in [6.07, 6.45) is 3.69. The molecule has 0 amide bonds. The first-order chi connectivity index (χ1) is 10.6. The van der Waals surface area contributed by atoms with Crippen LogP contribution in [0.4, 0.5) is 8.78 Å². The molecule has 0 aliphatic rings. The highest BCUT2D eigenvalue weighted by Gasteiger charge is 2.16. The van der Waals surface area contributed by atoms with Gasteiger partial charge in [-0.3, -0.25) is 9.67 Å². The minimum Gasteiger partial charge on any atom is -0.386 e. The SMILES string of the molecule is OC(Cn1nccc1-c1ccncc1)c1cc(F)ccc1F. The van der Waals surface area contributed by atoms with Crippen LogP contribution in [0.1, 0.15) is 11.7 Å². The number of benzene rings is 1. The lowest BCUT2D eigenvalue weighted by molar-refractivity contribution is 0.147. The van der Waals surface area contributed by atoms with E-state index in [2.05, 4.69) is 10.1 Å². The Morgan fingerprint density at radius 2 is 1.82 bits per heavy atom. The molecule has 0 spiro atoms. The first-order valence-corrected chi connectivity index (χ1v) is 6.70. The molecule has 1 N–H and O–H groups in total. The van der Waals surface area contributed by atoms with Crippen molar-refractivity contribution in [1.29, 1.82) is 0 Å². The Bertz CT molecular complexity index is 774. The Morgan fingerprint density at radius 3 is 2.59 bits per heavy atom. The fraction of sp³-hybridized carbons (Fsp3) is 0.125. The quantitative estimate of drug-likeness (QED) is 0.806. The zero-order valence-electron chi connectivity index (χ0n) is 11.5. The fourth-order valence-electron chi connectivity index (χ4n) is 2.28. The zero-order valence-corrected chi connectivity index (χ0v) is 11.5. The molecule has 4 nitrogen and oxygen atoms in total. The van der Waals surface area contributed by atoms with Crippen molar-refractivity contribution < 1.29 is 13.9 Å². The molecular weight excluding hydrogens is 288 g/mol. The highest BCUT2D eigenvalue weighted by molar-refractivity contribution is 5.58.